The Bertz CT molecular complexity index is 1210. The van der Waals surface area contributed by atoms with Gasteiger partial charge in [0.15, 0.2) is 18.1 Å². The highest BCUT2D eigenvalue weighted by Crippen LogP contribution is 2.30. The maximum absolute atomic E-state index is 12.2. The fourth-order valence-electron chi connectivity index (χ4n) is 3.08. The Morgan fingerprint density at radius 2 is 1.69 bits per heavy atom. The minimum Gasteiger partial charge on any atom is -0.493 e. The van der Waals surface area contributed by atoms with Crippen molar-refractivity contribution in [2.75, 3.05) is 20.8 Å². The standard InChI is InChI=1S/C23H22F3N3O6S/c1-32-16-8-3-13(9-17(16)33-2)10-18-21(22(27)31)29-20(36-18)11-28-19(30)12-34-14-4-6-15(7-5-14)35-23(24,25)26/h3-9H,10-12H2,1-2H3,(H2,27,31)(H,28,30). The van der Waals surface area contributed by atoms with Gasteiger partial charge in [-0.2, -0.15) is 0 Å². The van der Waals surface area contributed by atoms with E-state index in [0.717, 1.165) is 17.7 Å². The van der Waals surface area contributed by atoms with Crippen molar-refractivity contribution in [1.29, 1.82) is 0 Å². The van der Waals surface area contributed by atoms with Crippen molar-refractivity contribution in [2.24, 2.45) is 5.73 Å². The van der Waals surface area contributed by atoms with Crippen LogP contribution >= 0.6 is 11.3 Å². The Morgan fingerprint density at radius 3 is 2.31 bits per heavy atom. The first kappa shape index (κ1) is 26.6. The number of nitrogens with one attached hydrogen (secondary N) is 1. The maximum Gasteiger partial charge on any atom is 0.573 e. The number of amides is 2. The summed E-state index contributed by atoms with van der Waals surface area (Å²) < 4.78 is 56.2. The first-order chi connectivity index (χ1) is 17.1. The van der Waals surface area contributed by atoms with Crippen LogP contribution in [0.1, 0.15) is 25.9 Å². The van der Waals surface area contributed by atoms with Crippen molar-refractivity contribution in [1.82, 2.24) is 10.3 Å². The van der Waals surface area contributed by atoms with Gasteiger partial charge in [0.25, 0.3) is 11.8 Å². The van der Waals surface area contributed by atoms with Gasteiger partial charge in [0.05, 0.1) is 20.8 Å². The lowest BCUT2D eigenvalue weighted by Crippen LogP contribution is -2.28. The van der Waals surface area contributed by atoms with Gasteiger partial charge in [0, 0.05) is 11.3 Å². The summed E-state index contributed by atoms with van der Waals surface area (Å²) in [6.45, 7) is -0.358. The van der Waals surface area contributed by atoms with Crippen LogP contribution in [0.4, 0.5) is 13.2 Å². The van der Waals surface area contributed by atoms with Crippen molar-refractivity contribution in [3.05, 3.63) is 63.6 Å². The van der Waals surface area contributed by atoms with E-state index in [9.17, 15) is 22.8 Å². The number of primary amides is 1. The van der Waals surface area contributed by atoms with Crippen molar-refractivity contribution in [3.63, 3.8) is 0 Å². The minimum absolute atomic E-state index is 0.0252. The number of nitrogens with two attached hydrogens (primary N) is 1. The minimum atomic E-state index is -4.80. The molecule has 0 aliphatic heterocycles. The molecule has 2 amide bonds. The predicted molar refractivity (Wildman–Crippen MR) is 123 cm³/mol. The van der Waals surface area contributed by atoms with Gasteiger partial charge in [-0.05, 0) is 42.0 Å². The molecule has 0 unspecified atom stereocenters. The molecule has 192 valence electrons. The summed E-state index contributed by atoms with van der Waals surface area (Å²) in [6.07, 6.45) is -4.44. The molecule has 3 N–H and O–H groups in total. The molecule has 0 saturated heterocycles. The van der Waals surface area contributed by atoms with Gasteiger partial charge in [-0.15, -0.1) is 24.5 Å². The molecule has 0 bridgehead atoms. The molecule has 1 aromatic heterocycles. The topological polar surface area (TPSA) is 122 Å². The molecule has 3 aromatic rings. The average molecular weight is 526 g/mol. The molecule has 9 nitrogen and oxygen atoms in total. The highest BCUT2D eigenvalue weighted by atomic mass is 32.1. The summed E-state index contributed by atoms with van der Waals surface area (Å²) in [4.78, 5) is 28.9. The zero-order valence-corrected chi connectivity index (χ0v) is 20.0. The molecule has 0 spiro atoms. The summed E-state index contributed by atoms with van der Waals surface area (Å²) in [5.74, 6) is -0.310. The summed E-state index contributed by atoms with van der Waals surface area (Å²) >= 11 is 1.22. The Labute approximate surface area is 207 Å². The van der Waals surface area contributed by atoms with E-state index in [-0.39, 0.29) is 24.6 Å². The third kappa shape index (κ3) is 7.50. The van der Waals surface area contributed by atoms with Crippen molar-refractivity contribution < 1.29 is 41.7 Å². The lowest BCUT2D eigenvalue weighted by molar-refractivity contribution is -0.274. The zero-order chi connectivity index (χ0) is 26.3. The molecule has 2 aromatic carbocycles. The summed E-state index contributed by atoms with van der Waals surface area (Å²) in [5, 5.41) is 3.07. The highest BCUT2D eigenvalue weighted by molar-refractivity contribution is 7.12. The number of thiazole rings is 1. The number of alkyl halides is 3. The van der Waals surface area contributed by atoms with Crippen LogP contribution in [0.5, 0.6) is 23.0 Å². The van der Waals surface area contributed by atoms with Gasteiger partial charge < -0.3 is 30.0 Å². The molecule has 0 radical (unpaired) electrons. The van der Waals surface area contributed by atoms with Crippen LogP contribution in [0, 0.1) is 0 Å². The number of carbonyl (C=O) groups is 2. The van der Waals surface area contributed by atoms with Crippen LogP contribution < -0.4 is 30.0 Å². The molecule has 3 rings (SSSR count). The van der Waals surface area contributed by atoms with E-state index >= 15 is 0 Å². The smallest absolute Gasteiger partial charge is 0.493 e. The second-order valence-corrected chi connectivity index (χ2v) is 8.36. The van der Waals surface area contributed by atoms with E-state index in [1.165, 1.54) is 37.7 Å². The Morgan fingerprint density at radius 1 is 1.03 bits per heavy atom. The fraction of sp³-hybridized carbons (Fsp3) is 0.261. The summed E-state index contributed by atoms with van der Waals surface area (Å²) in [7, 11) is 3.05. The quantitative estimate of drug-likeness (QED) is 0.393. The highest BCUT2D eigenvalue weighted by Gasteiger charge is 2.31. The van der Waals surface area contributed by atoms with Gasteiger partial charge in [-0.1, -0.05) is 6.07 Å². The Balaban J connectivity index is 1.57. The van der Waals surface area contributed by atoms with Gasteiger partial charge in [0.2, 0.25) is 0 Å². The third-order valence-corrected chi connectivity index (χ3v) is 5.71. The fourth-order valence-corrected chi connectivity index (χ4v) is 4.12. The average Bonchev–Trinajstić information content (AvgIpc) is 3.24. The summed E-state index contributed by atoms with van der Waals surface area (Å²) in [5.41, 5.74) is 6.43. The van der Waals surface area contributed by atoms with Crippen molar-refractivity contribution in [3.8, 4) is 23.0 Å². The number of nitrogens with zero attached hydrogens (tertiary/aromatic N) is 1. The Kier molecular flexibility index (Phi) is 8.59. The van der Waals surface area contributed by atoms with Crippen LogP contribution in [0.2, 0.25) is 0 Å². The normalized spacial score (nSPS) is 11.0. The van der Waals surface area contributed by atoms with Crippen LogP contribution in [-0.2, 0) is 17.8 Å². The SMILES string of the molecule is COc1ccc(Cc2sc(CNC(=O)COc3ccc(OC(F)(F)F)cc3)nc2C(N)=O)cc1OC. The van der Waals surface area contributed by atoms with E-state index in [1.54, 1.807) is 12.1 Å². The van der Waals surface area contributed by atoms with Crippen LogP contribution in [-0.4, -0.2) is 44.0 Å². The van der Waals surface area contributed by atoms with Gasteiger partial charge >= 0.3 is 6.36 Å². The van der Waals surface area contributed by atoms with Gasteiger partial charge in [0.1, 0.15) is 22.2 Å². The number of methoxy groups -OCH3 is 2. The molecule has 0 aliphatic rings. The first-order valence-corrected chi connectivity index (χ1v) is 11.1. The number of benzene rings is 2. The number of aromatic nitrogens is 1. The number of ether oxygens (including phenoxy) is 4. The predicted octanol–water partition coefficient (Wildman–Crippen LogP) is 3.44. The zero-order valence-electron chi connectivity index (χ0n) is 19.2. The second kappa shape index (κ2) is 11.6. The lowest BCUT2D eigenvalue weighted by atomic mass is 10.1. The van der Waals surface area contributed by atoms with Crippen molar-refractivity contribution >= 4 is 23.2 Å². The maximum atomic E-state index is 12.2. The molecule has 13 heteroatoms. The van der Waals surface area contributed by atoms with Crippen LogP contribution in [0.15, 0.2) is 42.5 Å². The van der Waals surface area contributed by atoms with E-state index in [1.807, 2.05) is 6.07 Å². The van der Waals surface area contributed by atoms with E-state index in [4.69, 9.17) is 19.9 Å². The molecular formula is C23H22F3N3O6S. The first-order valence-electron chi connectivity index (χ1n) is 10.3. The molecule has 1 heterocycles. The molecule has 36 heavy (non-hydrogen) atoms. The second-order valence-electron chi connectivity index (χ2n) is 7.19. The van der Waals surface area contributed by atoms with E-state index in [2.05, 4.69) is 15.0 Å². The number of halogens is 3. The number of rotatable bonds is 11. The number of hydrogen-bond donors (Lipinski definition) is 2. The summed E-state index contributed by atoms with van der Waals surface area (Å²) in [6, 6.07) is 9.99. The van der Waals surface area contributed by atoms with Gasteiger partial charge in [-0.25, -0.2) is 4.98 Å². The van der Waals surface area contributed by atoms with E-state index < -0.39 is 23.9 Å². The third-order valence-electron chi connectivity index (χ3n) is 4.65. The number of carbonyl (C=O) groups excluding carboxylic acids is 2. The molecular weight excluding hydrogens is 503 g/mol. The largest absolute Gasteiger partial charge is 0.573 e. The lowest BCUT2D eigenvalue weighted by Gasteiger charge is -2.10. The molecule has 0 atom stereocenters. The number of hydrogen-bond acceptors (Lipinski definition) is 8. The van der Waals surface area contributed by atoms with Gasteiger partial charge in [-0.3, -0.25) is 9.59 Å². The molecule has 0 saturated carbocycles. The van der Waals surface area contributed by atoms with Crippen molar-refractivity contribution in [2.45, 2.75) is 19.3 Å². The Hall–Kier alpha value is -4.00. The van der Waals surface area contributed by atoms with Crippen LogP contribution in [0.25, 0.3) is 0 Å². The molecule has 0 fully saturated rings. The van der Waals surface area contributed by atoms with Crippen LogP contribution in [0.3, 0.4) is 0 Å². The monoisotopic (exact) mass is 525 g/mol. The molecule has 0 aliphatic carbocycles. The van der Waals surface area contributed by atoms with E-state index in [0.29, 0.717) is 27.8 Å².